The van der Waals surface area contributed by atoms with Gasteiger partial charge in [0.05, 0.1) is 11.5 Å². The lowest BCUT2D eigenvalue weighted by molar-refractivity contribution is 0.906. The molecule has 1 fully saturated rings. The van der Waals surface area contributed by atoms with Crippen molar-refractivity contribution in [2.75, 3.05) is 0 Å². The van der Waals surface area contributed by atoms with E-state index in [9.17, 15) is 5.26 Å². The molecule has 0 aromatic heterocycles. The molecule has 1 aliphatic rings. The van der Waals surface area contributed by atoms with Crippen LogP contribution in [0.15, 0.2) is 48.5 Å². The first kappa shape index (κ1) is 11.0. The molecule has 2 aromatic carbocycles. The third-order valence-corrected chi connectivity index (χ3v) is 3.83. The minimum atomic E-state index is -0.181. The fourth-order valence-corrected chi connectivity index (χ4v) is 2.49. The first-order valence-electron chi connectivity index (χ1n) is 6.33. The van der Waals surface area contributed by atoms with Gasteiger partial charge in [0, 0.05) is 0 Å². The van der Waals surface area contributed by atoms with E-state index < -0.39 is 0 Å². The number of nitriles is 1. The Balaban J connectivity index is 2.03. The van der Waals surface area contributed by atoms with E-state index in [0.717, 1.165) is 12.8 Å². The van der Waals surface area contributed by atoms with Crippen molar-refractivity contribution in [1.82, 2.24) is 0 Å². The number of aryl methyl sites for hydroxylation is 1. The molecular formula is C17H15N. The highest BCUT2D eigenvalue weighted by atomic mass is 14.5. The summed E-state index contributed by atoms with van der Waals surface area (Å²) in [7, 11) is 0. The molecule has 0 saturated heterocycles. The molecule has 18 heavy (non-hydrogen) atoms. The van der Waals surface area contributed by atoms with Crippen molar-refractivity contribution in [1.29, 1.82) is 5.26 Å². The van der Waals surface area contributed by atoms with Crippen molar-refractivity contribution < 1.29 is 0 Å². The van der Waals surface area contributed by atoms with E-state index in [0.29, 0.717) is 0 Å². The van der Waals surface area contributed by atoms with Crippen LogP contribution >= 0.6 is 0 Å². The van der Waals surface area contributed by atoms with Gasteiger partial charge in [-0.3, -0.25) is 0 Å². The van der Waals surface area contributed by atoms with E-state index in [1.54, 1.807) is 0 Å². The summed E-state index contributed by atoms with van der Waals surface area (Å²) in [6.45, 7) is 2.12. The summed E-state index contributed by atoms with van der Waals surface area (Å²) in [4.78, 5) is 0. The predicted molar refractivity (Wildman–Crippen MR) is 73.1 cm³/mol. The number of hydrogen-bond acceptors (Lipinski definition) is 1. The van der Waals surface area contributed by atoms with E-state index in [4.69, 9.17) is 0 Å². The van der Waals surface area contributed by atoms with Crippen LogP contribution in [0.25, 0.3) is 11.1 Å². The Morgan fingerprint density at radius 1 is 1.06 bits per heavy atom. The monoisotopic (exact) mass is 233 g/mol. The summed E-state index contributed by atoms with van der Waals surface area (Å²) in [6.07, 6.45) is 2.02. The van der Waals surface area contributed by atoms with Crippen LogP contribution in [0.1, 0.15) is 24.0 Å². The van der Waals surface area contributed by atoms with E-state index in [2.05, 4.69) is 55.5 Å². The summed E-state index contributed by atoms with van der Waals surface area (Å²) < 4.78 is 0. The van der Waals surface area contributed by atoms with Gasteiger partial charge in [-0.1, -0.05) is 48.5 Å². The highest BCUT2D eigenvalue weighted by Crippen LogP contribution is 2.48. The standard InChI is InChI=1S/C17H15N/c1-13-11-15(17(12-18)9-10-17)7-8-16(13)14-5-3-2-4-6-14/h2-8,11H,9-10H2,1H3. The molecular weight excluding hydrogens is 218 g/mol. The molecule has 2 aromatic rings. The smallest absolute Gasteiger partial charge is 0.0823 e. The lowest BCUT2D eigenvalue weighted by Gasteiger charge is -2.11. The Hall–Kier alpha value is -2.07. The number of hydrogen-bond donors (Lipinski definition) is 0. The van der Waals surface area contributed by atoms with Crippen LogP contribution in [0, 0.1) is 18.3 Å². The van der Waals surface area contributed by atoms with Crippen molar-refractivity contribution in [2.45, 2.75) is 25.2 Å². The Labute approximate surface area is 108 Å². The van der Waals surface area contributed by atoms with Crippen molar-refractivity contribution in [3.05, 3.63) is 59.7 Å². The third kappa shape index (κ3) is 1.71. The van der Waals surface area contributed by atoms with Gasteiger partial charge < -0.3 is 0 Å². The second-order valence-corrected chi connectivity index (χ2v) is 5.09. The SMILES string of the molecule is Cc1cc(C2(C#N)CC2)ccc1-c1ccccc1. The average molecular weight is 233 g/mol. The predicted octanol–water partition coefficient (Wildman–Crippen LogP) is 4.22. The van der Waals surface area contributed by atoms with Gasteiger partial charge in [-0.15, -0.1) is 0 Å². The molecule has 0 spiro atoms. The highest BCUT2D eigenvalue weighted by Gasteiger charge is 2.44. The van der Waals surface area contributed by atoms with Crippen LogP contribution in [0.5, 0.6) is 0 Å². The number of rotatable bonds is 2. The van der Waals surface area contributed by atoms with Crippen LogP contribution in [-0.2, 0) is 5.41 Å². The summed E-state index contributed by atoms with van der Waals surface area (Å²) in [5.74, 6) is 0. The van der Waals surface area contributed by atoms with Gasteiger partial charge in [0.2, 0.25) is 0 Å². The van der Waals surface area contributed by atoms with Crippen molar-refractivity contribution in [3.8, 4) is 17.2 Å². The average Bonchev–Trinajstić information content (AvgIpc) is 3.21. The van der Waals surface area contributed by atoms with Gasteiger partial charge in [0.25, 0.3) is 0 Å². The fourth-order valence-electron chi connectivity index (χ4n) is 2.49. The zero-order chi connectivity index (χ0) is 12.6. The molecule has 88 valence electrons. The number of benzene rings is 2. The summed E-state index contributed by atoms with van der Waals surface area (Å²) in [5, 5.41) is 9.24. The molecule has 0 unspecified atom stereocenters. The Morgan fingerprint density at radius 3 is 2.33 bits per heavy atom. The molecule has 3 rings (SSSR count). The molecule has 0 heterocycles. The fraction of sp³-hybridized carbons (Fsp3) is 0.235. The quantitative estimate of drug-likeness (QED) is 0.762. The largest absolute Gasteiger partial charge is 0.197 e. The normalized spacial score (nSPS) is 16.0. The molecule has 0 amide bonds. The maximum absolute atomic E-state index is 9.24. The second kappa shape index (κ2) is 3.99. The van der Waals surface area contributed by atoms with Gasteiger partial charge in [-0.25, -0.2) is 0 Å². The Morgan fingerprint density at radius 2 is 1.78 bits per heavy atom. The highest BCUT2D eigenvalue weighted by molar-refractivity contribution is 5.68. The van der Waals surface area contributed by atoms with Crippen molar-refractivity contribution >= 4 is 0 Å². The van der Waals surface area contributed by atoms with Crippen LogP contribution in [-0.4, -0.2) is 0 Å². The van der Waals surface area contributed by atoms with Gasteiger partial charge in [-0.05, 0) is 42.0 Å². The summed E-state index contributed by atoms with van der Waals surface area (Å²) in [6, 6.07) is 19.3. The molecule has 0 aliphatic heterocycles. The van der Waals surface area contributed by atoms with Gasteiger partial charge in [-0.2, -0.15) is 5.26 Å². The van der Waals surface area contributed by atoms with Gasteiger partial charge in [0.15, 0.2) is 0 Å². The van der Waals surface area contributed by atoms with Crippen LogP contribution in [0.2, 0.25) is 0 Å². The maximum Gasteiger partial charge on any atom is 0.0823 e. The first-order chi connectivity index (χ1) is 8.75. The third-order valence-electron chi connectivity index (χ3n) is 3.83. The molecule has 1 nitrogen and oxygen atoms in total. The van der Waals surface area contributed by atoms with Crippen LogP contribution in [0.3, 0.4) is 0 Å². The zero-order valence-corrected chi connectivity index (χ0v) is 10.5. The van der Waals surface area contributed by atoms with E-state index >= 15 is 0 Å². The zero-order valence-electron chi connectivity index (χ0n) is 10.5. The van der Waals surface area contributed by atoms with Gasteiger partial charge >= 0.3 is 0 Å². The lowest BCUT2D eigenvalue weighted by Crippen LogP contribution is -2.02. The molecule has 1 aliphatic carbocycles. The second-order valence-electron chi connectivity index (χ2n) is 5.09. The van der Waals surface area contributed by atoms with Crippen molar-refractivity contribution in [3.63, 3.8) is 0 Å². The number of nitrogens with zero attached hydrogens (tertiary/aromatic N) is 1. The Kier molecular flexibility index (Phi) is 2.45. The molecule has 0 radical (unpaired) electrons. The lowest BCUT2D eigenvalue weighted by atomic mass is 9.92. The summed E-state index contributed by atoms with van der Waals surface area (Å²) >= 11 is 0. The van der Waals surface area contributed by atoms with E-state index in [-0.39, 0.29) is 5.41 Å². The van der Waals surface area contributed by atoms with Crippen LogP contribution < -0.4 is 0 Å². The topological polar surface area (TPSA) is 23.8 Å². The summed E-state index contributed by atoms with van der Waals surface area (Å²) in [5.41, 5.74) is 4.75. The van der Waals surface area contributed by atoms with E-state index in [1.807, 2.05) is 6.07 Å². The van der Waals surface area contributed by atoms with Gasteiger partial charge in [0.1, 0.15) is 0 Å². The van der Waals surface area contributed by atoms with Crippen LogP contribution in [0.4, 0.5) is 0 Å². The molecule has 1 saturated carbocycles. The minimum absolute atomic E-state index is 0.181. The molecule has 0 N–H and O–H groups in total. The molecule has 0 atom stereocenters. The van der Waals surface area contributed by atoms with Crippen molar-refractivity contribution in [2.24, 2.45) is 0 Å². The minimum Gasteiger partial charge on any atom is -0.197 e. The molecule has 0 bridgehead atoms. The first-order valence-corrected chi connectivity index (χ1v) is 6.33. The maximum atomic E-state index is 9.24. The Bertz CT molecular complexity index is 616. The van der Waals surface area contributed by atoms with E-state index in [1.165, 1.54) is 22.3 Å². The molecule has 1 heteroatoms.